The predicted molar refractivity (Wildman–Crippen MR) is 71.0 cm³/mol. The Morgan fingerprint density at radius 3 is 2.94 bits per heavy atom. The number of esters is 1. The van der Waals surface area contributed by atoms with Gasteiger partial charge in [0.15, 0.2) is 5.69 Å². The van der Waals surface area contributed by atoms with E-state index in [1.54, 1.807) is 6.92 Å². The summed E-state index contributed by atoms with van der Waals surface area (Å²) in [7, 11) is 0. The molecule has 0 aromatic carbocycles. The molecule has 6 heteroatoms. The molecule has 0 spiro atoms. The maximum Gasteiger partial charge on any atom is 0.360 e. The number of carbonyl (C=O) groups is 1. The van der Waals surface area contributed by atoms with Crippen molar-refractivity contribution in [1.29, 1.82) is 0 Å². The molecule has 1 fully saturated rings. The van der Waals surface area contributed by atoms with E-state index in [9.17, 15) is 4.79 Å². The van der Waals surface area contributed by atoms with Crippen LogP contribution < -0.4 is 0 Å². The smallest absolute Gasteiger partial charge is 0.360 e. The summed E-state index contributed by atoms with van der Waals surface area (Å²) in [5, 5.41) is 8.12. The van der Waals surface area contributed by atoms with Crippen LogP contribution in [0.3, 0.4) is 0 Å². The number of hydrogen-bond acceptors (Lipinski definition) is 5. The summed E-state index contributed by atoms with van der Waals surface area (Å²) in [6.45, 7) is 3.01. The Balaban J connectivity index is 2.12. The third kappa shape index (κ3) is 3.04. The molecule has 0 amide bonds. The van der Waals surface area contributed by atoms with E-state index in [-0.39, 0.29) is 5.97 Å². The molecule has 0 N–H and O–H groups in total. The molecule has 0 bridgehead atoms. The van der Waals surface area contributed by atoms with Crippen molar-refractivity contribution in [2.24, 2.45) is 0 Å². The van der Waals surface area contributed by atoms with Gasteiger partial charge in [0.25, 0.3) is 0 Å². The summed E-state index contributed by atoms with van der Waals surface area (Å²) in [5.74, 6) is 1.21. The molecule has 100 valence electrons. The van der Waals surface area contributed by atoms with E-state index in [0.717, 1.165) is 37.3 Å². The quantitative estimate of drug-likeness (QED) is 0.560. The second-order valence-electron chi connectivity index (χ2n) is 4.39. The van der Waals surface area contributed by atoms with Crippen LogP contribution >= 0.6 is 11.8 Å². The molecule has 18 heavy (non-hydrogen) atoms. The van der Waals surface area contributed by atoms with Gasteiger partial charge in [-0.1, -0.05) is 5.21 Å². The normalized spacial score (nSPS) is 14.8. The van der Waals surface area contributed by atoms with Gasteiger partial charge in [-0.05, 0) is 38.2 Å². The first-order valence-electron chi connectivity index (χ1n) is 6.37. The van der Waals surface area contributed by atoms with Crippen molar-refractivity contribution in [2.75, 3.05) is 18.6 Å². The van der Waals surface area contributed by atoms with Crippen LogP contribution in [0.1, 0.15) is 48.3 Å². The second-order valence-corrected chi connectivity index (χ2v) is 5.37. The van der Waals surface area contributed by atoms with E-state index >= 15 is 0 Å². The minimum Gasteiger partial charge on any atom is -0.461 e. The Hall–Kier alpha value is -1.04. The van der Waals surface area contributed by atoms with Gasteiger partial charge in [0, 0.05) is 12.5 Å². The standard InChI is InChI=1S/C12H19N3O2S/c1-3-17-12(16)10-11(9-5-6-9)15(14-13-10)7-4-8-18-2/h9H,3-8H2,1-2H3. The van der Waals surface area contributed by atoms with Crippen molar-refractivity contribution in [3.05, 3.63) is 11.4 Å². The molecule has 1 saturated carbocycles. The van der Waals surface area contributed by atoms with E-state index in [4.69, 9.17) is 4.74 Å². The van der Waals surface area contributed by atoms with Crippen LogP contribution in [-0.4, -0.2) is 39.6 Å². The molecule has 1 heterocycles. The Labute approximate surface area is 111 Å². The molecule has 1 aromatic heterocycles. The number of thioether (sulfide) groups is 1. The van der Waals surface area contributed by atoms with Crippen molar-refractivity contribution in [3.63, 3.8) is 0 Å². The summed E-state index contributed by atoms with van der Waals surface area (Å²) < 4.78 is 6.92. The molecule has 5 nitrogen and oxygen atoms in total. The van der Waals surface area contributed by atoms with Crippen molar-refractivity contribution >= 4 is 17.7 Å². The molecular weight excluding hydrogens is 250 g/mol. The SMILES string of the molecule is CCOC(=O)c1nnn(CCCSC)c1C1CC1. The van der Waals surface area contributed by atoms with Crippen molar-refractivity contribution in [1.82, 2.24) is 15.0 Å². The van der Waals surface area contributed by atoms with Crippen LogP contribution in [0.2, 0.25) is 0 Å². The fraction of sp³-hybridized carbons (Fsp3) is 0.750. The molecule has 0 atom stereocenters. The molecule has 0 saturated heterocycles. The zero-order valence-electron chi connectivity index (χ0n) is 10.9. The minimum atomic E-state index is -0.337. The summed E-state index contributed by atoms with van der Waals surface area (Å²) in [4.78, 5) is 11.8. The van der Waals surface area contributed by atoms with Crippen LogP contribution in [0, 0.1) is 0 Å². The van der Waals surface area contributed by atoms with E-state index in [0.29, 0.717) is 18.2 Å². The Bertz CT molecular complexity index is 415. The first kappa shape index (κ1) is 13.4. The highest BCUT2D eigenvalue weighted by molar-refractivity contribution is 7.98. The van der Waals surface area contributed by atoms with Gasteiger partial charge in [-0.2, -0.15) is 11.8 Å². The van der Waals surface area contributed by atoms with E-state index in [1.807, 2.05) is 16.4 Å². The third-order valence-corrected chi connectivity index (χ3v) is 3.62. The number of ether oxygens (including phenoxy) is 1. The van der Waals surface area contributed by atoms with Gasteiger partial charge in [-0.25, -0.2) is 9.48 Å². The number of hydrogen-bond donors (Lipinski definition) is 0. The molecule has 0 radical (unpaired) electrons. The van der Waals surface area contributed by atoms with Crippen LogP contribution in [0.4, 0.5) is 0 Å². The average molecular weight is 269 g/mol. The summed E-state index contributed by atoms with van der Waals surface area (Å²) in [5.41, 5.74) is 1.40. The summed E-state index contributed by atoms with van der Waals surface area (Å²) in [6, 6.07) is 0. The molecule has 0 unspecified atom stereocenters. The number of aromatic nitrogens is 3. The zero-order valence-corrected chi connectivity index (χ0v) is 11.7. The van der Waals surface area contributed by atoms with E-state index in [1.165, 1.54) is 0 Å². The molecule has 1 aliphatic rings. The lowest BCUT2D eigenvalue weighted by molar-refractivity contribution is 0.0518. The van der Waals surface area contributed by atoms with Crippen molar-refractivity contribution in [2.45, 2.75) is 38.6 Å². The Morgan fingerprint density at radius 2 is 2.33 bits per heavy atom. The number of nitrogens with zero attached hydrogens (tertiary/aromatic N) is 3. The lowest BCUT2D eigenvalue weighted by atomic mass is 10.2. The lowest BCUT2D eigenvalue weighted by Crippen LogP contribution is -2.10. The molecule has 1 aromatic rings. The van der Waals surface area contributed by atoms with Gasteiger partial charge in [-0.15, -0.1) is 5.10 Å². The Morgan fingerprint density at radius 1 is 1.56 bits per heavy atom. The first-order valence-corrected chi connectivity index (χ1v) is 7.76. The Kier molecular flexibility index (Phi) is 4.63. The number of carbonyl (C=O) groups excluding carboxylic acids is 1. The predicted octanol–water partition coefficient (Wildman–Crippen LogP) is 2.09. The lowest BCUT2D eigenvalue weighted by Gasteiger charge is -2.06. The maximum atomic E-state index is 11.8. The highest BCUT2D eigenvalue weighted by Gasteiger charge is 2.34. The van der Waals surface area contributed by atoms with Gasteiger partial charge in [0.05, 0.1) is 12.3 Å². The first-order chi connectivity index (χ1) is 8.77. The van der Waals surface area contributed by atoms with Gasteiger partial charge in [-0.3, -0.25) is 0 Å². The fourth-order valence-electron chi connectivity index (χ4n) is 1.95. The highest BCUT2D eigenvalue weighted by Crippen LogP contribution is 2.41. The highest BCUT2D eigenvalue weighted by atomic mass is 32.2. The molecule has 2 rings (SSSR count). The summed E-state index contributed by atoms with van der Waals surface area (Å²) in [6.07, 6.45) is 5.39. The van der Waals surface area contributed by atoms with E-state index in [2.05, 4.69) is 16.6 Å². The van der Waals surface area contributed by atoms with Crippen molar-refractivity contribution in [3.8, 4) is 0 Å². The van der Waals surface area contributed by atoms with Gasteiger partial charge in [0.1, 0.15) is 0 Å². The van der Waals surface area contributed by atoms with Crippen LogP contribution in [0.15, 0.2) is 0 Å². The molecule has 1 aliphatic carbocycles. The average Bonchev–Trinajstić information content (AvgIpc) is 3.11. The van der Waals surface area contributed by atoms with Gasteiger partial charge < -0.3 is 4.74 Å². The minimum absolute atomic E-state index is 0.337. The molecular formula is C12H19N3O2S. The van der Waals surface area contributed by atoms with E-state index < -0.39 is 0 Å². The van der Waals surface area contributed by atoms with Crippen molar-refractivity contribution < 1.29 is 9.53 Å². The van der Waals surface area contributed by atoms with Gasteiger partial charge >= 0.3 is 5.97 Å². The largest absolute Gasteiger partial charge is 0.461 e. The maximum absolute atomic E-state index is 11.8. The molecule has 0 aliphatic heterocycles. The van der Waals surface area contributed by atoms with Crippen LogP contribution in [0.5, 0.6) is 0 Å². The van der Waals surface area contributed by atoms with Crippen LogP contribution in [0.25, 0.3) is 0 Å². The second kappa shape index (κ2) is 6.22. The fourth-order valence-corrected chi connectivity index (χ4v) is 2.37. The summed E-state index contributed by atoms with van der Waals surface area (Å²) >= 11 is 1.82. The third-order valence-electron chi connectivity index (χ3n) is 2.92. The van der Waals surface area contributed by atoms with Crippen LogP contribution in [-0.2, 0) is 11.3 Å². The van der Waals surface area contributed by atoms with Gasteiger partial charge in [0.2, 0.25) is 0 Å². The monoisotopic (exact) mass is 269 g/mol. The zero-order chi connectivity index (χ0) is 13.0. The number of rotatable bonds is 7. The number of aryl methyl sites for hydroxylation is 1. The topological polar surface area (TPSA) is 57.0 Å².